The van der Waals surface area contributed by atoms with Crippen molar-refractivity contribution in [2.45, 2.75) is 51.1 Å². The van der Waals surface area contributed by atoms with Crippen LogP contribution in [0.4, 0.5) is 0 Å². The highest BCUT2D eigenvalue weighted by Crippen LogP contribution is 2.23. The molecular formula is C12H24N2. The number of hydrogen-bond donors (Lipinski definition) is 0. The first-order valence-electron chi connectivity index (χ1n) is 6.23. The van der Waals surface area contributed by atoms with Crippen molar-refractivity contribution in [2.24, 2.45) is 0 Å². The largest absolute Gasteiger partial charge is 0.302 e. The number of hydrogen-bond acceptors (Lipinski definition) is 2. The van der Waals surface area contributed by atoms with Crippen LogP contribution in [0.15, 0.2) is 0 Å². The third-order valence-corrected chi connectivity index (χ3v) is 4.10. The minimum atomic E-state index is 0.780. The molecule has 0 unspecified atom stereocenters. The van der Waals surface area contributed by atoms with Gasteiger partial charge in [-0.3, -0.25) is 4.90 Å². The van der Waals surface area contributed by atoms with Crippen molar-refractivity contribution in [2.75, 3.05) is 26.7 Å². The highest BCUT2D eigenvalue weighted by Gasteiger charge is 2.30. The first kappa shape index (κ1) is 10.4. The molecule has 2 saturated heterocycles. The zero-order chi connectivity index (χ0) is 9.97. The molecule has 2 heteroatoms. The number of likely N-dealkylation sites (tertiary alicyclic amines) is 2. The molecular weight excluding hydrogens is 172 g/mol. The fraction of sp³-hybridized carbons (Fsp3) is 1.00. The SMILES string of the molecule is C[C@@H]([C@@H]1CCCN1C)N1CCCCC1. The summed E-state index contributed by atoms with van der Waals surface area (Å²) in [4.78, 5) is 5.26. The molecule has 82 valence electrons. The fourth-order valence-corrected chi connectivity index (χ4v) is 3.11. The maximum atomic E-state index is 2.70. The van der Waals surface area contributed by atoms with Crippen LogP contribution in [-0.2, 0) is 0 Å². The van der Waals surface area contributed by atoms with E-state index < -0.39 is 0 Å². The molecule has 0 N–H and O–H groups in total. The van der Waals surface area contributed by atoms with Crippen LogP contribution in [0.1, 0.15) is 39.0 Å². The van der Waals surface area contributed by atoms with Gasteiger partial charge in [-0.2, -0.15) is 0 Å². The third kappa shape index (κ3) is 2.12. The van der Waals surface area contributed by atoms with E-state index in [0.29, 0.717) is 0 Å². The van der Waals surface area contributed by atoms with Gasteiger partial charge >= 0.3 is 0 Å². The third-order valence-electron chi connectivity index (χ3n) is 4.10. The van der Waals surface area contributed by atoms with E-state index in [1.165, 1.54) is 51.7 Å². The Balaban J connectivity index is 1.89. The summed E-state index contributed by atoms with van der Waals surface area (Å²) in [5.74, 6) is 0. The van der Waals surface area contributed by atoms with Gasteiger partial charge in [0.1, 0.15) is 0 Å². The first-order chi connectivity index (χ1) is 6.79. The quantitative estimate of drug-likeness (QED) is 0.666. The molecule has 2 heterocycles. The highest BCUT2D eigenvalue weighted by atomic mass is 15.2. The summed E-state index contributed by atoms with van der Waals surface area (Å²) >= 11 is 0. The summed E-state index contributed by atoms with van der Waals surface area (Å²) in [6.45, 7) is 6.41. The van der Waals surface area contributed by atoms with Gasteiger partial charge in [-0.25, -0.2) is 0 Å². The Labute approximate surface area is 88.3 Å². The first-order valence-corrected chi connectivity index (χ1v) is 6.23. The van der Waals surface area contributed by atoms with Gasteiger partial charge in [0.05, 0.1) is 0 Å². The van der Waals surface area contributed by atoms with Crippen LogP contribution >= 0.6 is 0 Å². The lowest BCUT2D eigenvalue weighted by Crippen LogP contribution is -2.48. The number of likely N-dealkylation sites (N-methyl/N-ethyl adjacent to an activating group) is 1. The summed E-state index contributed by atoms with van der Waals surface area (Å²) in [6.07, 6.45) is 7.10. The van der Waals surface area contributed by atoms with Crippen LogP contribution in [0, 0.1) is 0 Å². The van der Waals surface area contributed by atoms with Crippen LogP contribution in [0.25, 0.3) is 0 Å². The summed E-state index contributed by atoms with van der Waals surface area (Å²) in [5.41, 5.74) is 0. The van der Waals surface area contributed by atoms with Crippen molar-refractivity contribution in [1.29, 1.82) is 0 Å². The molecule has 2 rings (SSSR count). The second-order valence-electron chi connectivity index (χ2n) is 5.03. The van der Waals surface area contributed by atoms with E-state index >= 15 is 0 Å². The van der Waals surface area contributed by atoms with Gasteiger partial charge < -0.3 is 4.90 Å². The van der Waals surface area contributed by atoms with E-state index in [0.717, 1.165) is 12.1 Å². The van der Waals surface area contributed by atoms with E-state index in [2.05, 4.69) is 23.8 Å². The minimum absolute atomic E-state index is 0.780. The van der Waals surface area contributed by atoms with Gasteiger partial charge in [-0.05, 0) is 59.3 Å². The number of rotatable bonds is 2. The van der Waals surface area contributed by atoms with E-state index in [4.69, 9.17) is 0 Å². The molecule has 0 radical (unpaired) electrons. The molecule has 0 amide bonds. The standard InChI is InChI=1S/C12H24N2/c1-11(12-7-6-8-13(12)2)14-9-4-3-5-10-14/h11-12H,3-10H2,1-2H3/t11-,12-/m0/s1. The Hall–Kier alpha value is -0.0800. The topological polar surface area (TPSA) is 6.48 Å². The molecule has 0 bridgehead atoms. The van der Waals surface area contributed by atoms with Gasteiger partial charge in [0.25, 0.3) is 0 Å². The Morgan fingerprint density at radius 1 is 1.00 bits per heavy atom. The lowest BCUT2D eigenvalue weighted by Gasteiger charge is -2.38. The Morgan fingerprint density at radius 2 is 1.71 bits per heavy atom. The molecule has 2 atom stereocenters. The lowest BCUT2D eigenvalue weighted by molar-refractivity contribution is 0.108. The minimum Gasteiger partial charge on any atom is -0.302 e. The molecule has 0 saturated carbocycles. The van der Waals surface area contributed by atoms with Gasteiger partial charge in [0.15, 0.2) is 0 Å². The monoisotopic (exact) mass is 196 g/mol. The molecule has 2 aliphatic rings. The van der Waals surface area contributed by atoms with E-state index in [-0.39, 0.29) is 0 Å². The zero-order valence-electron chi connectivity index (χ0n) is 9.71. The van der Waals surface area contributed by atoms with Crippen LogP contribution in [-0.4, -0.2) is 48.6 Å². The van der Waals surface area contributed by atoms with Gasteiger partial charge in [0, 0.05) is 12.1 Å². The highest BCUT2D eigenvalue weighted by molar-refractivity contribution is 4.87. The van der Waals surface area contributed by atoms with Crippen molar-refractivity contribution >= 4 is 0 Å². The van der Waals surface area contributed by atoms with Crippen LogP contribution in [0.5, 0.6) is 0 Å². The second kappa shape index (κ2) is 4.63. The average molecular weight is 196 g/mol. The van der Waals surface area contributed by atoms with Gasteiger partial charge in [0.2, 0.25) is 0 Å². The van der Waals surface area contributed by atoms with Crippen molar-refractivity contribution in [3.8, 4) is 0 Å². The molecule has 2 fully saturated rings. The normalized spacial score (nSPS) is 33.4. The molecule has 0 spiro atoms. The number of nitrogens with zero attached hydrogens (tertiary/aromatic N) is 2. The molecule has 0 aromatic carbocycles. The molecule has 0 aliphatic carbocycles. The summed E-state index contributed by atoms with van der Waals surface area (Å²) in [5, 5.41) is 0. The van der Waals surface area contributed by atoms with E-state index in [1.54, 1.807) is 0 Å². The molecule has 0 aromatic heterocycles. The second-order valence-corrected chi connectivity index (χ2v) is 5.03. The van der Waals surface area contributed by atoms with Crippen LogP contribution in [0.2, 0.25) is 0 Å². The van der Waals surface area contributed by atoms with Crippen molar-refractivity contribution in [3.63, 3.8) is 0 Å². The van der Waals surface area contributed by atoms with E-state index in [1.807, 2.05) is 0 Å². The Kier molecular flexibility index (Phi) is 3.45. The van der Waals surface area contributed by atoms with Crippen molar-refractivity contribution < 1.29 is 0 Å². The average Bonchev–Trinajstić information content (AvgIpc) is 2.65. The van der Waals surface area contributed by atoms with Crippen LogP contribution in [0.3, 0.4) is 0 Å². The van der Waals surface area contributed by atoms with E-state index in [9.17, 15) is 0 Å². The van der Waals surface area contributed by atoms with Gasteiger partial charge in [-0.1, -0.05) is 6.42 Å². The summed E-state index contributed by atoms with van der Waals surface area (Å²) in [7, 11) is 2.29. The molecule has 2 aliphatic heterocycles. The van der Waals surface area contributed by atoms with Crippen molar-refractivity contribution in [1.82, 2.24) is 9.80 Å². The van der Waals surface area contributed by atoms with Gasteiger partial charge in [-0.15, -0.1) is 0 Å². The maximum Gasteiger partial charge on any atom is 0.0246 e. The maximum absolute atomic E-state index is 2.70. The molecule has 2 nitrogen and oxygen atoms in total. The summed E-state index contributed by atoms with van der Waals surface area (Å²) < 4.78 is 0. The number of piperidine rings is 1. The fourth-order valence-electron chi connectivity index (χ4n) is 3.11. The smallest absolute Gasteiger partial charge is 0.0246 e. The predicted octanol–water partition coefficient (Wildman–Crippen LogP) is 1.95. The lowest BCUT2D eigenvalue weighted by atomic mass is 10.0. The van der Waals surface area contributed by atoms with Crippen LogP contribution < -0.4 is 0 Å². The Bertz CT molecular complexity index is 175. The summed E-state index contributed by atoms with van der Waals surface area (Å²) in [6, 6.07) is 1.61. The van der Waals surface area contributed by atoms with Crippen molar-refractivity contribution in [3.05, 3.63) is 0 Å². The predicted molar refractivity (Wildman–Crippen MR) is 60.5 cm³/mol. The molecule has 0 aromatic rings. The zero-order valence-corrected chi connectivity index (χ0v) is 9.71. The Morgan fingerprint density at radius 3 is 2.29 bits per heavy atom. The molecule has 14 heavy (non-hydrogen) atoms.